The molecule has 1 unspecified atom stereocenters. The summed E-state index contributed by atoms with van der Waals surface area (Å²) in [4.78, 5) is 25.4. The average Bonchev–Trinajstić information content (AvgIpc) is 3.87. The Morgan fingerprint density at radius 2 is 1.46 bits per heavy atom. The van der Waals surface area contributed by atoms with Gasteiger partial charge in [0.25, 0.3) is 5.91 Å². The second-order valence-electron chi connectivity index (χ2n) is 12.5. The Labute approximate surface area is 304 Å². The lowest BCUT2D eigenvalue weighted by molar-refractivity contribution is 0.0774. The van der Waals surface area contributed by atoms with Crippen LogP contribution in [0.2, 0.25) is 0 Å². The minimum Gasteiger partial charge on any atom is -0.493 e. The fraction of sp³-hybridized carbons (Fsp3) is 0.462. The summed E-state index contributed by atoms with van der Waals surface area (Å²) in [5.41, 5.74) is 3.38. The monoisotopic (exact) mass is 717 g/mol. The van der Waals surface area contributed by atoms with Gasteiger partial charge in [-0.05, 0) is 62.8 Å². The third kappa shape index (κ3) is 7.21. The molecule has 3 aromatic rings. The third-order valence-electron chi connectivity index (χ3n) is 9.56. The van der Waals surface area contributed by atoms with E-state index in [4.69, 9.17) is 42.7 Å². The molecule has 1 fully saturated rings. The molecule has 13 nitrogen and oxygen atoms in total. The van der Waals surface area contributed by atoms with E-state index < -0.39 is 0 Å². The van der Waals surface area contributed by atoms with Gasteiger partial charge in [0.05, 0.1) is 73.2 Å². The van der Waals surface area contributed by atoms with Crippen molar-refractivity contribution in [1.82, 2.24) is 4.90 Å². The van der Waals surface area contributed by atoms with Crippen LogP contribution in [0.5, 0.6) is 46.0 Å². The zero-order valence-corrected chi connectivity index (χ0v) is 30.7. The SMILES string of the molecule is COc1cc2c(cc1OCCCCCCOc1c(OC)cc(C3CC=NO3)c(-c3ccc(OC)c(OC)c3OC)c1OC)N=C[C@@H]1CCCN1C2=O. The molecule has 0 spiro atoms. The number of benzene rings is 3. The molecule has 13 heteroatoms. The lowest BCUT2D eigenvalue weighted by Gasteiger charge is -2.24. The van der Waals surface area contributed by atoms with E-state index in [1.165, 1.54) is 0 Å². The van der Waals surface area contributed by atoms with Crippen LogP contribution in [0.3, 0.4) is 0 Å². The second-order valence-corrected chi connectivity index (χ2v) is 12.5. The lowest BCUT2D eigenvalue weighted by Crippen LogP contribution is -2.35. The number of rotatable bonds is 17. The number of amides is 1. The van der Waals surface area contributed by atoms with Gasteiger partial charge in [-0.1, -0.05) is 5.16 Å². The van der Waals surface area contributed by atoms with Crippen LogP contribution in [-0.4, -0.2) is 91.7 Å². The Morgan fingerprint density at radius 3 is 2.13 bits per heavy atom. The molecule has 1 saturated heterocycles. The smallest absolute Gasteiger partial charge is 0.256 e. The summed E-state index contributed by atoms with van der Waals surface area (Å²) in [7, 11) is 9.50. The quantitative estimate of drug-likeness (QED) is 0.132. The van der Waals surface area contributed by atoms with E-state index in [2.05, 4.69) is 10.1 Å². The Bertz CT molecular complexity index is 1800. The molecule has 0 radical (unpaired) electrons. The van der Waals surface area contributed by atoms with Crippen LogP contribution in [0, 0.1) is 0 Å². The number of aliphatic imine (C=N–C) groups is 1. The molecular weight excluding hydrogens is 670 g/mol. The molecule has 0 bridgehead atoms. The molecule has 1 amide bonds. The van der Waals surface area contributed by atoms with Gasteiger partial charge < -0.3 is 47.6 Å². The van der Waals surface area contributed by atoms with Crippen molar-refractivity contribution in [3.63, 3.8) is 0 Å². The largest absolute Gasteiger partial charge is 0.493 e. The van der Waals surface area contributed by atoms with Crippen LogP contribution in [0.1, 0.15) is 67.0 Å². The number of oxime groups is 1. The van der Waals surface area contributed by atoms with Crippen molar-refractivity contribution in [2.24, 2.45) is 10.1 Å². The number of hydrogen-bond donors (Lipinski definition) is 0. The van der Waals surface area contributed by atoms with Crippen molar-refractivity contribution in [3.05, 3.63) is 41.5 Å². The van der Waals surface area contributed by atoms with E-state index in [0.717, 1.165) is 50.6 Å². The predicted molar refractivity (Wildman–Crippen MR) is 196 cm³/mol. The van der Waals surface area contributed by atoms with Gasteiger partial charge in [-0.2, -0.15) is 0 Å². The summed E-state index contributed by atoms with van der Waals surface area (Å²) in [6.07, 6.45) is 9.18. The number of carbonyl (C=O) groups is 1. The highest BCUT2D eigenvalue weighted by Gasteiger charge is 2.34. The van der Waals surface area contributed by atoms with Crippen molar-refractivity contribution in [1.29, 1.82) is 0 Å². The number of fused-ring (bicyclic) bond motifs is 2. The maximum Gasteiger partial charge on any atom is 0.256 e. The molecule has 52 heavy (non-hydrogen) atoms. The van der Waals surface area contributed by atoms with Crippen molar-refractivity contribution in [2.45, 2.75) is 57.1 Å². The molecule has 278 valence electrons. The van der Waals surface area contributed by atoms with Gasteiger partial charge in [0.15, 0.2) is 40.6 Å². The van der Waals surface area contributed by atoms with Gasteiger partial charge in [-0.3, -0.25) is 9.79 Å². The molecule has 2 atom stereocenters. The fourth-order valence-corrected chi connectivity index (χ4v) is 6.96. The molecule has 0 saturated carbocycles. The van der Waals surface area contributed by atoms with E-state index in [0.29, 0.717) is 88.0 Å². The van der Waals surface area contributed by atoms with Crippen molar-refractivity contribution >= 4 is 24.0 Å². The van der Waals surface area contributed by atoms with Crippen LogP contribution in [0.15, 0.2) is 40.5 Å². The van der Waals surface area contributed by atoms with Crippen LogP contribution >= 0.6 is 0 Å². The molecule has 3 aliphatic rings. The fourth-order valence-electron chi connectivity index (χ4n) is 6.96. The first-order chi connectivity index (χ1) is 25.5. The van der Waals surface area contributed by atoms with E-state index >= 15 is 0 Å². The summed E-state index contributed by atoms with van der Waals surface area (Å²) < 4.78 is 47.1. The van der Waals surface area contributed by atoms with Gasteiger partial charge in [-0.25, -0.2) is 0 Å². The minimum atomic E-state index is -0.370. The first-order valence-electron chi connectivity index (χ1n) is 17.6. The maximum atomic E-state index is 13.2. The number of hydrogen-bond acceptors (Lipinski definition) is 12. The highest BCUT2D eigenvalue weighted by molar-refractivity contribution is 6.03. The van der Waals surface area contributed by atoms with Crippen LogP contribution in [0.25, 0.3) is 11.1 Å². The van der Waals surface area contributed by atoms with Gasteiger partial charge in [0.1, 0.15) is 0 Å². The first-order valence-corrected chi connectivity index (χ1v) is 17.6. The van der Waals surface area contributed by atoms with Crippen LogP contribution in [0.4, 0.5) is 5.69 Å². The third-order valence-corrected chi connectivity index (χ3v) is 9.56. The molecule has 0 N–H and O–H groups in total. The molecule has 3 aliphatic heterocycles. The van der Waals surface area contributed by atoms with Gasteiger partial charge in [-0.15, -0.1) is 0 Å². The molecule has 6 rings (SSSR count). The van der Waals surface area contributed by atoms with Crippen molar-refractivity contribution in [3.8, 4) is 57.1 Å². The number of methoxy groups -OCH3 is 6. The number of nitrogens with zero attached hydrogens (tertiary/aromatic N) is 3. The number of unbranched alkanes of at least 4 members (excludes halogenated alkanes) is 3. The maximum absolute atomic E-state index is 13.2. The topological polar surface area (TPSA) is 128 Å². The predicted octanol–water partition coefficient (Wildman–Crippen LogP) is 7.19. The zero-order valence-electron chi connectivity index (χ0n) is 30.7. The summed E-state index contributed by atoms with van der Waals surface area (Å²) in [5.74, 6) is 4.01. The molecule has 3 aromatic carbocycles. The zero-order chi connectivity index (χ0) is 36.6. The van der Waals surface area contributed by atoms with Gasteiger partial charge in [0.2, 0.25) is 11.5 Å². The standard InChI is InChI=1S/C39H47N3O10/c1-44-30-14-13-25(35(47-4)36(30)48-5)34-27(29-15-16-41-52-29)21-33(46-3)37(38(34)49-6)51-19-10-8-7-9-18-50-32-22-28-26(20-31(32)45-2)39(43)42-17-11-12-24(42)23-40-28/h13-14,16,20-24,29H,7-12,15,17-19H2,1-6H3/t24-,29?/m0/s1. The molecular formula is C39H47N3O10. The number of carbonyl (C=O) groups excluding carboxylic acids is 1. The Morgan fingerprint density at radius 1 is 0.731 bits per heavy atom. The van der Waals surface area contributed by atoms with Crippen molar-refractivity contribution in [2.75, 3.05) is 62.4 Å². The Kier molecular flexibility index (Phi) is 11.8. The Hall–Kier alpha value is -5.33. The van der Waals surface area contributed by atoms with E-state index in [1.54, 1.807) is 54.9 Å². The molecule has 3 heterocycles. The Balaban J connectivity index is 1.12. The first kappa shape index (κ1) is 36.5. The second kappa shape index (κ2) is 16.8. The van der Waals surface area contributed by atoms with E-state index in [1.807, 2.05) is 35.4 Å². The molecule has 0 aliphatic carbocycles. The summed E-state index contributed by atoms with van der Waals surface area (Å²) in [6.45, 7) is 1.67. The minimum absolute atomic E-state index is 0.0115. The van der Waals surface area contributed by atoms with Crippen LogP contribution in [-0.2, 0) is 4.84 Å². The number of ether oxygens (including phenoxy) is 8. The highest BCUT2D eigenvalue weighted by Crippen LogP contribution is 2.54. The highest BCUT2D eigenvalue weighted by atomic mass is 16.6. The van der Waals surface area contributed by atoms with E-state index in [-0.39, 0.29) is 18.1 Å². The van der Waals surface area contributed by atoms with Gasteiger partial charge >= 0.3 is 0 Å². The van der Waals surface area contributed by atoms with Crippen molar-refractivity contribution < 1.29 is 47.5 Å². The summed E-state index contributed by atoms with van der Waals surface area (Å²) in [6, 6.07) is 9.22. The summed E-state index contributed by atoms with van der Waals surface area (Å²) >= 11 is 0. The normalized spacial score (nSPS) is 17.2. The molecule has 0 aromatic heterocycles. The summed E-state index contributed by atoms with van der Waals surface area (Å²) in [5, 5.41) is 4.01. The lowest BCUT2D eigenvalue weighted by atomic mass is 9.92. The van der Waals surface area contributed by atoms with Gasteiger partial charge in [0, 0.05) is 48.2 Å². The van der Waals surface area contributed by atoms with Crippen LogP contribution < -0.4 is 37.9 Å². The average molecular weight is 718 g/mol. The van der Waals surface area contributed by atoms with E-state index in [9.17, 15) is 4.79 Å².